The molecule has 0 saturated heterocycles. The number of aliphatic imine (C=N–C) groups is 1. The Hall–Kier alpha value is -1.64. The minimum atomic E-state index is -0.970. The van der Waals surface area contributed by atoms with Crippen LogP contribution in [0.1, 0.15) is 25.0 Å². The molecule has 1 amide bonds. The van der Waals surface area contributed by atoms with Gasteiger partial charge < -0.3 is 4.74 Å². The van der Waals surface area contributed by atoms with Crippen molar-refractivity contribution in [2.75, 3.05) is 0 Å². The van der Waals surface area contributed by atoms with E-state index in [1.165, 1.54) is 0 Å². The van der Waals surface area contributed by atoms with Crippen LogP contribution in [0.3, 0.4) is 0 Å². The zero-order valence-corrected chi connectivity index (χ0v) is 10.2. The summed E-state index contributed by atoms with van der Waals surface area (Å²) in [7, 11) is 0. The molecule has 86 valence electrons. The first-order valence-electron chi connectivity index (χ1n) is 5.13. The second-order valence-electron chi connectivity index (χ2n) is 4.40. The number of nitrogens with zero attached hydrogens (tertiary/aromatic N) is 1. The second kappa shape index (κ2) is 4.47. The lowest BCUT2D eigenvalue weighted by Crippen LogP contribution is -2.36. The molecular weight excluding hydrogens is 202 g/mol. The fourth-order valence-electron chi connectivity index (χ4n) is 1.52. The number of benzene rings is 1. The molecule has 0 radical (unpaired) electrons. The maximum absolute atomic E-state index is 11.5. The highest BCUT2D eigenvalue weighted by Gasteiger charge is 2.28. The van der Waals surface area contributed by atoms with Crippen LogP contribution in [0.2, 0.25) is 0 Å². The maximum Gasteiger partial charge on any atom is 0.288 e. The van der Waals surface area contributed by atoms with Crippen molar-refractivity contribution in [3.8, 4) is 5.75 Å². The van der Waals surface area contributed by atoms with Crippen LogP contribution in [0.5, 0.6) is 5.75 Å². The van der Waals surface area contributed by atoms with Crippen molar-refractivity contribution < 1.29 is 9.53 Å². The van der Waals surface area contributed by atoms with Crippen LogP contribution >= 0.6 is 0 Å². The SMILES string of the molecule is C=NC(=O)C(C)(C)Oc1cc(C)cc(C)c1. The molecular formula is C13H17NO2. The molecule has 1 aromatic rings. The number of ether oxygens (including phenoxy) is 1. The van der Waals surface area contributed by atoms with Crippen LogP contribution in [0.4, 0.5) is 0 Å². The van der Waals surface area contributed by atoms with Gasteiger partial charge in [0.25, 0.3) is 5.91 Å². The molecule has 1 rings (SSSR count). The largest absolute Gasteiger partial charge is 0.478 e. The van der Waals surface area contributed by atoms with Crippen molar-refractivity contribution in [2.24, 2.45) is 4.99 Å². The number of hydrogen-bond acceptors (Lipinski definition) is 2. The lowest BCUT2D eigenvalue weighted by Gasteiger charge is -2.23. The van der Waals surface area contributed by atoms with E-state index in [-0.39, 0.29) is 5.91 Å². The molecule has 0 heterocycles. The van der Waals surface area contributed by atoms with E-state index in [2.05, 4.69) is 11.7 Å². The molecule has 0 saturated carbocycles. The van der Waals surface area contributed by atoms with Crippen LogP contribution in [0.15, 0.2) is 23.2 Å². The van der Waals surface area contributed by atoms with Gasteiger partial charge in [0, 0.05) is 0 Å². The number of hydrogen-bond donors (Lipinski definition) is 0. The summed E-state index contributed by atoms with van der Waals surface area (Å²) < 4.78 is 5.63. The Kier molecular flexibility index (Phi) is 3.48. The fraction of sp³-hybridized carbons (Fsp3) is 0.385. The molecule has 16 heavy (non-hydrogen) atoms. The maximum atomic E-state index is 11.5. The van der Waals surface area contributed by atoms with E-state index in [9.17, 15) is 4.79 Å². The number of carbonyl (C=O) groups is 1. The summed E-state index contributed by atoms with van der Waals surface area (Å²) in [5, 5.41) is 0. The average molecular weight is 219 g/mol. The van der Waals surface area contributed by atoms with E-state index in [0.717, 1.165) is 11.1 Å². The number of carbonyl (C=O) groups excluding carboxylic acids is 1. The molecule has 0 aliphatic carbocycles. The van der Waals surface area contributed by atoms with Crippen LogP contribution in [-0.4, -0.2) is 18.2 Å². The highest BCUT2D eigenvalue weighted by molar-refractivity contribution is 5.88. The first-order chi connectivity index (χ1) is 7.35. The summed E-state index contributed by atoms with van der Waals surface area (Å²) in [6, 6.07) is 5.84. The minimum absolute atomic E-state index is 0.369. The molecule has 0 N–H and O–H groups in total. The van der Waals surface area contributed by atoms with Gasteiger partial charge in [0.2, 0.25) is 0 Å². The minimum Gasteiger partial charge on any atom is -0.478 e. The summed E-state index contributed by atoms with van der Waals surface area (Å²) in [6.07, 6.45) is 0. The number of amides is 1. The standard InChI is InChI=1S/C13H17NO2/c1-9-6-10(2)8-11(7-9)16-13(3,4)12(15)14-5/h6-8H,5H2,1-4H3. The Morgan fingerprint density at radius 3 is 2.19 bits per heavy atom. The Bertz CT molecular complexity index is 402. The van der Waals surface area contributed by atoms with Gasteiger partial charge in [0.05, 0.1) is 0 Å². The highest BCUT2D eigenvalue weighted by atomic mass is 16.5. The van der Waals surface area contributed by atoms with E-state index >= 15 is 0 Å². The molecule has 0 unspecified atom stereocenters. The molecule has 0 aromatic heterocycles. The number of rotatable bonds is 3. The van der Waals surface area contributed by atoms with Gasteiger partial charge in [-0.2, -0.15) is 0 Å². The third-order valence-corrected chi connectivity index (χ3v) is 2.23. The summed E-state index contributed by atoms with van der Waals surface area (Å²) in [4.78, 5) is 14.8. The first kappa shape index (κ1) is 12.4. The smallest absolute Gasteiger partial charge is 0.288 e. The van der Waals surface area contributed by atoms with Crippen molar-refractivity contribution >= 4 is 12.6 Å². The normalized spacial score (nSPS) is 11.0. The first-order valence-corrected chi connectivity index (χ1v) is 5.13. The van der Waals surface area contributed by atoms with E-state index in [0.29, 0.717) is 5.75 Å². The third kappa shape index (κ3) is 2.92. The highest BCUT2D eigenvalue weighted by Crippen LogP contribution is 2.22. The Morgan fingerprint density at radius 1 is 1.25 bits per heavy atom. The summed E-state index contributed by atoms with van der Waals surface area (Å²) in [5.74, 6) is 0.311. The number of aryl methyl sites for hydroxylation is 2. The molecule has 1 aromatic carbocycles. The molecule has 3 heteroatoms. The molecule has 0 spiro atoms. The molecule has 0 bridgehead atoms. The summed E-state index contributed by atoms with van der Waals surface area (Å²) >= 11 is 0. The van der Waals surface area contributed by atoms with Crippen molar-refractivity contribution in [2.45, 2.75) is 33.3 Å². The Balaban J connectivity index is 2.95. The Labute approximate surface area is 96.2 Å². The van der Waals surface area contributed by atoms with E-state index in [1.807, 2.05) is 32.0 Å². The monoisotopic (exact) mass is 219 g/mol. The third-order valence-electron chi connectivity index (χ3n) is 2.23. The van der Waals surface area contributed by atoms with Crippen molar-refractivity contribution in [3.05, 3.63) is 29.3 Å². The van der Waals surface area contributed by atoms with Crippen LogP contribution < -0.4 is 4.74 Å². The van der Waals surface area contributed by atoms with Crippen molar-refractivity contribution in [1.82, 2.24) is 0 Å². The zero-order valence-electron chi connectivity index (χ0n) is 10.2. The van der Waals surface area contributed by atoms with Crippen LogP contribution in [-0.2, 0) is 4.79 Å². The molecule has 0 aliphatic rings. The topological polar surface area (TPSA) is 38.7 Å². The van der Waals surface area contributed by atoms with E-state index in [1.54, 1.807) is 13.8 Å². The van der Waals surface area contributed by atoms with Crippen molar-refractivity contribution in [3.63, 3.8) is 0 Å². The van der Waals surface area contributed by atoms with Gasteiger partial charge in [-0.3, -0.25) is 4.79 Å². The van der Waals surface area contributed by atoms with Gasteiger partial charge in [-0.25, -0.2) is 4.99 Å². The van der Waals surface area contributed by atoms with Crippen LogP contribution in [0, 0.1) is 13.8 Å². The molecule has 0 atom stereocenters. The quantitative estimate of drug-likeness (QED) is 0.733. The predicted molar refractivity (Wildman–Crippen MR) is 65.2 cm³/mol. The molecule has 3 nitrogen and oxygen atoms in total. The Morgan fingerprint density at radius 2 is 1.75 bits per heavy atom. The van der Waals surface area contributed by atoms with Crippen molar-refractivity contribution in [1.29, 1.82) is 0 Å². The summed E-state index contributed by atoms with van der Waals surface area (Å²) in [6.45, 7) is 10.6. The zero-order chi connectivity index (χ0) is 12.3. The average Bonchev–Trinajstić information content (AvgIpc) is 2.13. The van der Waals surface area contributed by atoms with Gasteiger partial charge >= 0.3 is 0 Å². The lowest BCUT2D eigenvalue weighted by molar-refractivity contribution is -0.130. The van der Waals surface area contributed by atoms with E-state index in [4.69, 9.17) is 4.74 Å². The fourth-order valence-corrected chi connectivity index (χ4v) is 1.52. The molecule has 0 aliphatic heterocycles. The van der Waals surface area contributed by atoms with Gasteiger partial charge in [-0.05, 0) is 57.7 Å². The predicted octanol–water partition coefficient (Wildman–Crippen LogP) is 2.69. The summed E-state index contributed by atoms with van der Waals surface area (Å²) in [5.41, 5.74) is 1.23. The van der Waals surface area contributed by atoms with Gasteiger partial charge in [-0.15, -0.1) is 0 Å². The second-order valence-corrected chi connectivity index (χ2v) is 4.40. The van der Waals surface area contributed by atoms with Gasteiger partial charge in [-0.1, -0.05) is 6.07 Å². The van der Waals surface area contributed by atoms with Gasteiger partial charge in [0.15, 0.2) is 5.60 Å². The van der Waals surface area contributed by atoms with E-state index < -0.39 is 5.60 Å². The molecule has 0 fully saturated rings. The van der Waals surface area contributed by atoms with Crippen LogP contribution in [0.25, 0.3) is 0 Å². The van der Waals surface area contributed by atoms with Gasteiger partial charge in [0.1, 0.15) is 5.75 Å². The lowest BCUT2D eigenvalue weighted by atomic mass is 10.1.